The molecule has 0 aliphatic heterocycles. The van der Waals surface area contributed by atoms with Crippen molar-refractivity contribution in [3.8, 4) is 11.5 Å². The van der Waals surface area contributed by atoms with E-state index >= 15 is 0 Å². The number of oxazole rings is 1. The first-order valence-corrected chi connectivity index (χ1v) is 8.51. The van der Waals surface area contributed by atoms with E-state index in [2.05, 4.69) is 20.6 Å². The first kappa shape index (κ1) is 16.2. The molecule has 0 unspecified atom stereocenters. The Kier molecular flexibility index (Phi) is 4.90. The van der Waals surface area contributed by atoms with Gasteiger partial charge in [0.25, 0.3) is 0 Å². The van der Waals surface area contributed by atoms with E-state index < -0.39 is 0 Å². The highest BCUT2D eigenvalue weighted by atomic mass is 32.1. The van der Waals surface area contributed by atoms with Gasteiger partial charge in [0.05, 0.1) is 16.9 Å². The van der Waals surface area contributed by atoms with E-state index in [0.29, 0.717) is 24.5 Å². The quantitative estimate of drug-likeness (QED) is 0.739. The molecule has 2 N–H and O–H groups in total. The van der Waals surface area contributed by atoms with E-state index in [-0.39, 0.29) is 6.03 Å². The Morgan fingerprint density at radius 2 is 2.21 bits per heavy atom. The van der Waals surface area contributed by atoms with Crippen molar-refractivity contribution in [2.24, 2.45) is 0 Å². The minimum absolute atomic E-state index is 0.247. The molecule has 0 atom stereocenters. The van der Waals surface area contributed by atoms with Crippen molar-refractivity contribution in [1.82, 2.24) is 15.3 Å². The molecule has 0 aliphatic rings. The predicted octanol–water partition coefficient (Wildman–Crippen LogP) is 3.78. The van der Waals surface area contributed by atoms with Gasteiger partial charge in [-0.2, -0.15) is 0 Å². The van der Waals surface area contributed by atoms with Crippen LogP contribution in [0.25, 0.3) is 11.5 Å². The van der Waals surface area contributed by atoms with Crippen molar-refractivity contribution in [2.45, 2.75) is 20.3 Å². The summed E-state index contributed by atoms with van der Waals surface area (Å²) >= 11 is 1.55. The molecule has 0 spiro atoms. The van der Waals surface area contributed by atoms with Gasteiger partial charge in [0.15, 0.2) is 0 Å². The summed E-state index contributed by atoms with van der Waals surface area (Å²) in [6, 6.07) is 5.40. The molecular weight excluding hydrogens is 324 g/mol. The molecule has 3 rings (SSSR count). The van der Waals surface area contributed by atoms with E-state index in [9.17, 15) is 4.79 Å². The van der Waals surface area contributed by atoms with Gasteiger partial charge in [0.2, 0.25) is 5.89 Å². The minimum atomic E-state index is -0.247. The molecule has 0 saturated carbocycles. The Morgan fingerprint density at radius 1 is 1.33 bits per heavy atom. The fraction of sp³-hybridized carbons (Fsp3) is 0.235. The monoisotopic (exact) mass is 342 g/mol. The highest BCUT2D eigenvalue weighted by Gasteiger charge is 2.10. The summed E-state index contributed by atoms with van der Waals surface area (Å²) in [4.78, 5) is 20.5. The molecule has 2 heterocycles. The summed E-state index contributed by atoms with van der Waals surface area (Å²) in [6.07, 6.45) is 2.33. The first-order chi connectivity index (χ1) is 11.6. The number of nitrogens with zero attached hydrogens (tertiary/aromatic N) is 2. The van der Waals surface area contributed by atoms with Crippen LogP contribution in [-0.4, -0.2) is 22.5 Å². The van der Waals surface area contributed by atoms with Crippen LogP contribution in [-0.2, 0) is 6.42 Å². The molecule has 0 aliphatic carbocycles. The molecule has 2 amide bonds. The van der Waals surface area contributed by atoms with Crippen molar-refractivity contribution in [3.63, 3.8) is 0 Å². The van der Waals surface area contributed by atoms with Crippen LogP contribution in [0, 0.1) is 13.8 Å². The number of urea groups is 1. The lowest BCUT2D eigenvalue weighted by molar-refractivity contribution is 0.252. The molecule has 6 nitrogen and oxygen atoms in total. The third-order valence-electron chi connectivity index (χ3n) is 3.50. The zero-order chi connectivity index (χ0) is 16.9. The average Bonchev–Trinajstić information content (AvgIpc) is 3.21. The number of amides is 2. The van der Waals surface area contributed by atoms with Crippen molar-refractivity contribution in [1.29, 1.82) is 0 Å². The number of aryl methyl sites for hydroxylation is 2. The van der Waals surface area contributed by atoms with Gasteiger partial charge in [0, 0.05) is 29.6 Å². The minimum Gasteiger partial charge on any atom is -0.444 e. The van der Waals surface area contributed by atoms with Gasteiger partial charge in [-0.1, -0.05) is 6.07 Å². The fourth-order valence-electron chi connectivity index (χ4n) is 2.25. The number of benzene rings is 1. The largest absolute Gasteiger partial charge is 0.444 e. The second-order valence-electron chi connectivity index (χ2n) is 5.43. The molecule has 1 aromatic carbocycles. The Morgan fingerprint density at radius 3 is 2.92 bits per heavy atom. The number of carbonyl (C=O) groups is 1. The van der Waals surface area contributed by atoms with Gasteiger partial charge in [-0.25, -0.2) is 14.8 Å². The van der Waals surface area contributed by atoms with Gasteiger partial charge in [-0.15, -0.1) is 11.3 Å². The molecule has 0 saturated heterocycles. The van der Waals surface area contributed by atoms with Gasteiger partial charge >= 0.3 is 6.03 Å². The lowest BCUT2D eigenvalue weighted by Gasteiger charge is -2.09. The van der Waals surface area contributed by atoms with Crippen molar-refractivity contribution < 1.29 is 9.21 Å². The maximum absolute atomic E-state index is 12.0. The van der Waals surface area contributed by atoms with E-state index in [1.165, 1.54) is 0 Å². The zero-order valence-electron chi connectivity index (χ0n) is 13.5. The Bertz CT molecular complexity index is 827. The Hall–Kier alpha value is -2.67. The molecule has 0 fully saturated rings. The highest BCUT2D eigenvalue weighted by molar-refractivity contribution is 7.07. The third kappa shape index (κ3) is 3.99. The molecule has 2 aromatic heterocycles. The van der Waals surface area contributed by atoms with Crippen LogP contribution < -0.4 is 10.6 Å². The maximum atomic E-state index is 12.0. The predicted molar refractivity (Wildman–Crippen MR) is 94.3 cm³/mol. The van der Waals surface area contributed by atoms with E-state index in [1.54, 1.807) is 23.1 Å². The van der Waals surface area contributed by atoms with Crippen molar-refractivity contribution in [2.75, 3.05) is 11.9 Å². The highest BCUT2D eigenvalue weighted by Crippen LogP contribution is 2.26. The van der Waals surface area contributed by atoms with Crippen LogP contribution in [0.2, 0.25) is 0 Å². The number of carbonyl (C=O) groups excluding carboxylic acids is 1. The van der Waals surface area contributed by atoms with Gasteiger partial charge in [-0.3, -0.25) is 0 Å². The van der Waals surface area contributed by atoms with Crippen LogP contribution in [0.5, 0.6) is 0 Å². The lowest BCUT2D eigenvalue weighted by Crippen LogP contribution is -2.30. The number of rotatable bonds is 5. The Balaban J connectivity index is 1.61. The van der Waals surface area contributed by atoms with Gasteiger partial charge in [0.1, 0.15) is 6.26 Å². The van der Waals surface area contributed by atoms with E-state index in [1.807, 2.05) is 37.4 Å². The number of anilines is 1. The standard InChI is InChI=1S/C17H18N4O2S/c1-11-3-4-13(7-15(11)16-20-12(2)8-23-16)21-17(22)18-6-5-14-9-24-10-19-14/h3-4,7-10H,5-6H2,1-2H3,(H2,18,21,22). The van der Waals surface area contributed by atoms with Crippen LogP contribution in [0.3, 0.4) is 0 Å². The number of nitrogens with one attached hydrogen (secondary N) is 2. The van der Waals surface area contributed by atoms with Crippen LogP contribution in [0.1, 0.15) is 17.0 Å². The van der Waals surface area contributed by atoms with Crippen LogP contribution >= 0.6 is 11.3 Å². The third-order valence-corrected chi connectivity index (χ3v) is 4.13. The number of aromatic nitrogens is 2. The second-order valence-corrected chi connectivity index (χ2v) is 6.15. The summed E-state index contributed by atoms with van der Waals surface area (Å²) in [5.41, 5.74) is 6.18. The summed E-state index contributed by atoms with van der Waals surface area (Å²) in [6.45, 7) is 4.39. The number of hydrogen-bond donors (Lipinski definition) is 2. The number of thiazole rings is 1. The molecule has 24 heavy (non-hydrogen) atoms. The number of hydrogen-bond acceptors (Lipinski definition) is 5. The zero-order valence-corrected chi connectivity index (χ0v) is 14.3. The molecule has 0 radical (unpaired) electrons. The van der Waals surface area contributed by atoms with Crippen molar-refractivity contribution in [3.05, 3.63) is 52.3 Å². The summed E-state index contributed by atoms with van der Waals surface area (Å²) in [5.74, 6) is 0.553. The SMILES string of the molecule is Cc1coc(-c2cc(NC(=O)NCCc3cscn3)ccc2C)n1. The fourth-order valence-corrected chi connectivity index (χ4v) is 2.84. The van der Waals surface area contributed by atoms with Crippen LogP contribution in [0.4, 0.5) is 10.5 Å². The smallest absolute Gasteiger partial charge is 0.319 e. The summed E-state index contributed by atoms with van der Waals surface area (Å²) in [7, 11) is 0. The lowest BCUT2D eigenvalue weighted by atomic mass is 10.1. The Labute approximate surface area is 144 Å². The van der Waals surface area contributed by atoms with Gasteiger partial charge in [-0.05, 0) is 31.5 Å². The van der Waals surface area contributed by atoms with Gasteiger partial charge < -0.3 is 15.1 Å². The van der Waals surface area contributed by atoms with E-state index in [0.717, 1.165) is 22.5 Å². The maximum Gasteiger partial charge on any atom is 0.319 e. The molecule has 3 aromatic rings. The normalized spacial score (nSPS) is 10.6. The first-order valence-electron chi connectivity index (χ1n) is 7.57. The average molecular weight is 342 g/mol. The molecule has 124 valence electrons. The second kappa shape index (κ2) is 7.27. The summed E-state index contributed by atoms with van der Waals surface area (Å²) in [5, 5.41) is 7.63. The molecule has 0 bridgehead atoms. The van der Waals surface area contributed by atoms with Crippen LogP contribution in [0.15, 0.2) is 39.8 Å². The summed E-state index contributed by atoms with van der Waals surface area (Å²) < 4.78 is 5.45. The topological polar surface area (TPSA) is 80.0 Å². The van der Waals surface area contributed by atoms with E-state index in [4.69, 9.17) is 4.42 Å². The van der Waals surface area contributed by atoms with Crippen molar-refractivity contribution >= 4 is 23.1 Å². The molecule has 7 heteroatoms. The molecular formula is C17H18N4O2S.